The first-order valence-corrected chi connectivity index (χ1v) is 6.72. The van der Waals surface area contributed by atoms with Gasteiger partial charge in [0.15, 0.2) is 0 Å². The maximum Gasteiger partial charge on any atom is 0.137 e. The molecular formula is C14H22N4O. The summed E-state index contributed by atoms with van der Waals surface area (Å²) in [5.41, 5.74) is 3.19. The largest absolute Gasteiger partial charge is 0.385 e. The maximum absolute atomic E-state index is 10.4. The molecule has 1 N–H and O–H groups in total. The summed E-state index contributed by atoms with van der Waals surface area (Å²) in [6.07, 6.45) is 4.68. The molecule has 0 aliphatic rings. The number of imidazole rings is 1. The van der Waals surface area contributed by atoms with Crippen molar-refractivity contribution in [1.82, 2.24) is 19.3 Å². The zero-order valence-corrected chi connectivity index (χ0v) is 12.1. The van der Waals surface area contributed by atoms with E-state index in [-0.39, 0.29) is 0 Å². The van der Waals surface area contributed by atoms with E-state index in [0.717, 1.165) is 35.7 Å². The number of rotatable bonds is 5. The minimum atomic E-state index is -0.580. The fourth-order valence-corrected chi connectivity index (χ4v) is 2.45. The first-order chi connectivity index (χ1) is 9.04. The van der Waals surface area contributed by atoms with Crippen LogP contribution in [0.25, 0.3) is 0 Å². The Kier molecular flexibility index (Phi) is 4.04. The van der Waals surface area contributed by atoms with Gasteiger partial charge in [-0.25, -0.2) is 4.98 Å². The first-order valence-electron chi connectivity index (χ1n) is 6.72. The van der Waals surface area contributed by atoms with Crippen LogP contribution in [-0.2, 0) is 20.0 Å². The predicted molar refractivity (Wildman–Crippen MR) is 73.9 cm³/mol. The fourth-order valence-electron chi connectivity index (χ4n) is 2.45. The molecule has 5 heteroatoms. The van der Waals surface area contributed by atoms with Crippen LogP contribution in [0.5, 0.6) is 0 Å². The van der Waals surface area contributed by atoms with Crippen LogP contribution in [-0.4, -0.2) is 24.4 Å². The van der Waals surface area contributed by atoms with Gasteiger partial charge < -0.3 is 9.67 Å². The van der Waals surface area contributed by atoms with E-state index in [2.05, 4.69) is 17.0 Å². The molecular weight excluding hydrogens is 240 g/mol. The molecule has 0 spiro atoms. The molecule has 0 saturated carbocycles. The minimum Gasteiger partial charge on any atom is -0.385 e. The highest BCUT2D eigenvalue weighted by atomic mass is 16.3. The van der Waals surface area contributed by atoms with Gasteiger partial charge in [-0.05, 0) is 25.8 Å². The Balaban J connectivity index is 2.20. The maximum atomic E-state index is 10.4. The quantitative estimate of drug-likeness (QED) is 0.895. The molecule has 2 aromatic heterocycles. The van der Waals surface area contributed by atoms with E-state index in [9.17, 15) is 5.11 Å². The van der Waals surface area contributed by atoms with Crippen molar-refractivity contribution in [3.63, 3.8) is 0 Å². The zero-order chi connectivity index (χ0) is 14.0. The summed E-state index contributed by atoms with van der Waals surface area (Å²) in [7, 11) is 1.93. The number of aromatic nitrogens is 4. The van der Waals surface area contributed by atoms with Crippen LogP contribution in [0.4, 0.5) is 0 Å². The molecule has 0 aromatic carbocycles. The van der Waals surface area contributed by atoms with Gasteiger partial charge in [-0.1, -0.05) is 6.92 Å². The molecule has 0 aliphatic heterocycles. The molecule has 1 atom stereocenters. The highest BCUT2D eigenvalue weighted by Crippen LogP contribution is 2.21. The van der Waals surface area contributed by atoms with Crippen molar-refractivity contribution in [1.29, 1.82) is 0 Å². The van der Waals surface area contributed by atoms with E-state index in [1.165, 1.54) is 0 Å². The summed E-state index contributed by atoms with van der Waals surface area (Å²) in [6.45, 7) is 7.01. The Bertz CT molecular complexity index is 556. The molecule has 0 amide bonds. The molecule has 0 aliphatic carbocycles. The van der Waals surface area contributed by atoms with Gasteiger partial charge >= 0.3 is 0 Å². The third kappa shape index (κ3) is 2.71. The van der Waals surface area contributed by atoms with Crippen LogP contribution in [0.2, 0.25) is 0 Å². The molecule has 1 unspecified atom stereocenters. The van der Waals surface area contributed by atoms with E-state index >= 15 is 0 Å². The van der Waals surface area contributed by atoms with Crippen LogP contribution >= 0.6 is 0 Å². The summed E-state index contributed by atoms with van der Waals surface area (Å²) < 4.78 is 3.88. The SMILES string of the molecule is CCCn1ccnc1C(O)Cc1c(C)nn(C)c1C. The standard InChI is InChI=1S/C14H22N4O/c1-5-7-18-8-6-15-14(18)13(19)9-12-10(2)16-17(4)11(12)3/h6,8,13,19H,5,7,9H2,1-4H3. The van der Waals surface area contributed by atoms with Crippen LogP contribution in [0.15, 0.2) is 12.4 Å². The Morgan fingerprint density at radius 2 is 2.11 bits per heavy atom. The predicted octanol–water partition coefficient (Wildman–Crippen LogP) is 1.92. The van der Waals surface area contributed by atoms with E-state index < -0.39 is 6.10 Å². The van der Waals surface area contributed by atoms with Crippen molar-refractivity contribution < 1.29 is 5.11 Å². The van der Waals surface area contributed by atoms with Gasteiger partial charge in [-0.2, -0.15) is 5.10 Å². The molecule has 0 fully saturated rings. The third-order valence-corrected chi connectivity index (χ3v) is 3.57. The Morgan fingerprint density at radius 1 is 1.37 bits per heavy atom. The first kappa shape index (κ1) is 13.8. The fraction of sp³-hybridized carbons (Fsp3) is 0.571. The second kappa shape index (κ2) is 5.57. The smallest absolute Gasteiger partial charge is 0.137 e. The monoisotopic (exact) mass is 262 g/mol. The number of aliphatic hydroxyl groups excluding tert-OH is 1. The topological polar surface area (TPSA) is 55.9 Å². The lowest BCUT2D eigenvalue weighted by molar-refractivity contribution is 0.163. The van der Waals surface area contributed by atoms with Crippen LogP contribution < -0.4 is 0 Å². The highest BCUT2D eigenvalue weighted by molar-refractivity contribution is 5.25. The number of nitrogens with zero attached hydrogens (tertiary/aromatic N) is 4. The highest BCUT2D eigenvalue weighted by Gasteiger charge is 2.18. The van der Waals surface area contributed by atoms with Crippen molar-refractivity contribution in [2.75, 3.05) is 0 Å². The normalized spacial score (nSPS) is 12.9. The summed E-state index contributed by atoms with van der Waals surface area (Å²) in [5.74, 6) is 0.740. The molecule has 2 heterocycles. The average Bonchev–Trinajstić information content (AvgIpc) is 2.91. The number of hydrogen-bond acceptors (Lipinski definition) is 3. The molecule has 5 nitrogen and oxygen atoms in total. The van der Waals surface area contributed by atoms with Crippen molar-refractivity contribution in [3.8, 4) is 0 Å². The van der Waals surface area contributed by atoms with Crippen molar-refractivity contribution in [2.24, 2.45) is 7.05 Å². The minimum absolute atomic E-state index is 0.562. The number of aliphatic hydroxyl groups is 1. The molecule has 0 bridgehead atoms. The lowest BCUT2D eigenvalue weighted by Crippen LogP contribution is -2.11. The van der Waals surface area contributed by atoms with Crippen molar-refractivity contribution in [3.05, 3.63) is 35.2 Å². The Labute approximate surface area is 113 Å². The Hall–Kier alpha value is -1.62. The number of hydrogen-bond donors (Lipinski definition) is 1. The van der Waals surface area contributed by atoms with E-state index in [1.807, 2.05) is 36.3 Å². The molecule has 104 valence electrons. The van der Waals surface area contributed by atoms with Gasteiger partial charge in [-0.3, -0.25) is 4.68 Å². The Morgan fingerprint density at radius 3 is 2.68 bits per heavy atom. The third-order valence-electron chi connectivity index (χ3n) is 3.57. The van der Waals surface area contributed by atoms with E-state index in [1.54, 1.807) is 6.20 Å². The van der Waals surface area contributed by atoms with E-state index in [4.69, 9.17) is 0 Å². The van der Waals surface area contributed by atoms with Gasteiger partial charge in [0.1, 0.15) is 11.9 Å². The average molecular weight is 262 g/mol. The second-order valence-corrected chi connectivity index (χ2v) is 4.97. The molecule has 0 saturated heterocycles. The molecule has 2 rings (SSSR count). The van der Waals surface area contributed by atoms with Crippen molar-refractivity contribution in [2.45, 2.75) is 46.3 Å². The van der Waals surface area contributed by atoms with Crippen molar-refractivity contribution >= 4 is 0 Å². The molecule has 0 radical (unpaired) electrons. The number of aryl methyl sites for hydroxylation is 3. The van der Waals surface area contributed by atoms with Gasteiger partial charge in [0.2, 0.25) is 0 Å². The zero-order valence-electron chi connectivity index (χ0n) is 12.1. The van der Waals surface area contributed by atoms with Crippen LogP contribution in [0, 0.1) is 13.8 Å². The summed E-state index contributed by atoms with van der Waals surface area (Å²) >= 11 is 0. The van der Waals surface area contributed by atoms with Gasteiger partial charge in [0, 0.05) is 38.1 Å². The summed E-state index contributed by atoms with van der Waals surface area (Å²) in [6, 6.07) is 0. The van der Waals surface area contributed by atoms with Crippen LogP contribution in [0.3, 0.4) is 0 Å². The molecule has 2 aromatic rings. The summed E-state index contributed by atoms with van der Waals surface area (Å²) in [4.78, 5) is 4.28. The summed E-state index contributed by atoms with van der Waals surface area (Å²) in [5, 5.41) is 14.8. The lowest BCUT2D eigenvalue weighted by atomic mass is 10.1. The van der Waals surface area contributed by atoms with Crippen LogP contribution in [0.1, 0.15) is 42.2 Å². The second-order valence-electron chi connectivity index (χ2n) is 4.97. The van der Waals surface area contributed by atoms with Gasteiger partial charge in [0.25, 0.3) is 0 Å². The van der Waals surface area contributed by atoms with Gasteiger partial charge in [-0.15, -0.1) is 0 Å². The molecule has 19 heavy (non-hydrogen) atoms. The lowest BCUT2D eigenvalue weighted by Gasteiger charge is -2.13. The van der Waals surface area contributed by atoms with E-state index in [0.29, 0.717) is 6.42 Å². The van der Waals surface area contributed by atoms with Gasteiger partial charge in [0.05, 0.1) is 5.69 Å².